The van der Waals surface area contributed by atoms with E-state index in [2.05, 4.69) is 4.52 Å². The third-order valence-corrected chi connectivity index (χ3v) is 4.20. The van der Waals surface area contributed by atoms with Crippen LogP contribution in [0.25, 0.3) is 0 Å². The van der Waals surface area contributed by atoms with E-state index in [0.717, 1.165) is 0 Å². The smallest absolute Gasteiger partial charge is 0.316 e. The summed E-state index contributed by atoms with van der Waals surface area (Å²) in [6, 6.07) is 0. The molecule has 0 radical (unpaired) electrons. The van der Waals surface area contributed by atoms with Crippen LogP contribution >= 0.6 is 14.6 Å². The molecular weight excluding hydrogens is 182 g/mol. The maximum absolute atomic E-state index is 10.4. The predicted octanol–water partition coefficient (Wildman–Crippen LogP) is 0.301. The average Bonchev–Trinajstić information content (AvgIpc) is 1.61. The first kappa shape index (κ1) is 10.3. The lowest BCUT2D eigenvalue weighted by Crippen LogP contribution is -1.89. The summed E-state index contributed by atoms with van der Waals surface area (Å²) < 4.78 is 24.4. The van der Waals surface area contributed by atoms with Gasteiger partial charge in [0.15, 0.2) is 0 Å². The van der Waals surface area contributed by atoms with E-state index in [-0.39, 0.29) is 6.61 Å². The highest BCUT2D eigenvalue weighted by Crippen LogP contribution is 2.74. The van der Waals surface area contributed by atoms with E-state index in [1.165, 1.54) is 6.92 Å². The molecule has 0 saturated heterocycles. The number of rotatable bonds is 3. The summed E-state index contributed by atoms with van der Waals surface area (Å²) in [5.41, 5.74) is 0. The van der Waals surface area contributed by atoms with E-state index in [1.54, 1.807) is 0 Å². The average molecular weight is 190 g/mol. The van der Waals surface area contributed by atoms with Crippen molar-refractivity contribution in [3.8, 4) is 0 Å². The van der Waals surface area contributed by atoms with E-state index in [4.69, 9.17) is 14.7 Å². The van der Waals surface area contributed by atoms with Gasteiger partial charge in [0.1, 0.15) is 0 Å². The van der Waals surface area contributed by atoms with E-state index < -0.39 is 14.6 Å². The Kier molecular flexibility index (Phi) is 3.23. The largest absolute Gasteiger partial charge is 0.438 e. The molecule has 0 aromatic heterocycles. The van der Waals surface area contributed by atoms with Gasteiger partial charge in [-0.2, -0.15) is 0 Å². The molecule has 10 heavy (non-hydrogen) atoms. The molecule has 0 bridgehead atoms. The first-order valence-corrected chi connectivity index (χ1v) is 6.24. The van der Waals surface area contributed by atoms with Crippen LogP contribution in [0.4, 0.5) is 0 Å². The minimum absolute atomic E-state index is 0.209. The standard InChI is InChI=1S/C2H8O6P2/c1-2-8-10(6,7)9(3,4)5/h2H2,1H3,(H,6,7)(H2,3,4,5). The first-order chi connectivity index (χ1) is 4.31. The fourth-order valence-electron chi connectivity index (χ4n) is 0.243. The predicted molar refractivity (Wildman–Crippen MR) is 33.5 cm³/mol. The Morgan fingerprint density at radius 2 is 1.70 bits per heavy atom. The minimum atomic E-state index is -5.00. The van der Waals surface area contributed by atoms with Crippen LogP contribution in [-0.4, -0.2) is 21.3 Å². The molecule has 62 valence electrons. The van der Waals surface area contributed by atoms with Gasteiger partial charge < -0.3 is 19.2 Å². The van der Waals surface area contributed by atoms with E-state index in [1.807, 2.05) is 0 Å². The van der Waals surface area contributed by atoms with Crippen molar-refractivity contribution in [3.63, 3.8) is 0 Å². The first-order valence-electron chi connectivity index (χ1n) is 2.34. The molecule has 8 heteroatoms. The van der Waals surface area contributed by atoms with Crippen molar-refractivity contribution in [2.45, 2.75) is 6.92 Å². The van der Waals surface area contributed by atoms with Crippen LogP contribution in [0.1, 0.15) is 6.92 Å². The molecule has 1 unspecified atom stereocenters. The molecular formula is C2H8O6P2. The van der Waals surface area contributed by atoms with Crippen molar-refractivity contribution >= 4 is 14.6 Å². The fraction of sp³-hybridized carbons (Fsp3) is 1.00. The van der Waals surface area contributed by atoms with Gasteiger partial charge in [0.05, 0.1) is 6.61 Å². The molecule has 0 aliphatic carbocycles. The lowest BCUT2D eigenvalue weighted by Gasteiger charge is -2.10. The third-order valence-electron chi connectivity index (χ3n) is 0.627. The lowest BCUT2D eigenvalue weighted by atomic mass is 10.9. The van der Waals surface area contributed by atoms with Crippen LogP contribution in [0, 0.1) is 0 Å². The van der Waals surface area contributed by atoms with Crippen LogP contribution in [0.3, 0.4) is 0 Å². The Bertz CT molecular complexity index is 192. The monoisotopic (exact) mass is 190 g/mol. The molecule has 0 spiro atoms. The van der Waals surface area contributed by atoms with Crippen LogP contribution in [-0.2, 0) is 13.7 Å². The van der Waals surface area contributed by atoms with Gasteiger partial charge >= 0.3 is 14.6 Å². The molecule has 0 heterocycles. The zero-order valence-corrected chi connectivity index (χ0v) is 6.96. The highest BCUT2D eigenvalue weighted by Gasteiger charge is 2.41. The van der Waals surface area contributed by atoms with E-state index in [9.17, 15) is 9.13 Å². The van der Waals surface area contributed by atoms with Gasteiger partial charge in [-0.15, -0.1) is 0 Å². The Hall–Kier alpha value is 0.300. The second-order valence-electron chi connectivity index (χ2n) is 1.42. The highest BCUT2D eigenvalue weighted by molar-refractivity contribution is 8.26. The molecule has 0 aliphatic heterocycles. The van der Waals surface area contributed by atoms with Crippen LogP contribution in [0.5, 0.6) is 0 Å². The van der Waals surface area contributed by atoms with Crippen molar-refractivity contribution in [2.75, 3.05) is 6.61 Å². The van der Waals surface area contributed by atoms with Crippen LogP contribution in [0.2, 0.25) is 0 Å². The van der Waals surface area contributed by atoms with Crippen molar-refractivity contribution in [1.82, 2.24) is 0 Å². The van der Waals surface area contributed by atoms with Gasteiger partial charge in [0, 0.05) is 0 Å². The van der Waals surface area contributed by atoms with Crippen molar-refractivity contribution in [2.24, 2.45) is 0 Å². The maximum Gasteiger partial charge on any atom is 0.438 e. The summed E-state index contributed by atoms with van der Waals surface area (Å²) >= 11 is 0. The molecule has 0 fully saturated rings. The minimum Gasteiger partial charge on any atom is -0.316 e. The van der Waals surface area contributed by atoms with Crippen molar-refractivity contribution in [3.05, 3.63) is 0 Å². The highest BCUT2D eigenvalue weighted by atomic mass is 32.1. The van der Waals surface area contributed by atoms with Gasteiger partial charge in [-0.25, -0.2) is 9.13 Å². The van der Waals surface area contributed by atoms with E-state index in [0.29, 0.717) is 0 Å². The Morgan fingerprint density at radius 1 is 1.30 bits per heavy atom. The lowest BCUT2D eigenvalue weighted by molar-refractivity contribution is 0.271. The zero-order chi connectivity index (χ0) is 8.41. The molecule has 3 N–H and O–H groups in total. The molecule has 0 saturated carbocycles. The molecule has 6 nitrogen and oxygen atoms in total. The summed E-state index contributed by atoms with van der Waals surface area (Å²) in [7, 11) is -9.71. The summed E-state index contributed by atoms with van der Waals surface area (Å²) in [5, 5.41) is 0. The molecule has 0 amide bonds. The number of hydrogen-bond donors (Lipinski definition) is 3. The van der Waals surface area contributed by atoms with E-state index >= 15 is 0 Å². The second-order valence-corrected chi connectivity index (χ2v) is 6.77. The zero-order valence-electron chi connectivity index (χ0n) is 5.17. The molecule has 0 aliphatic rings. The van der Waals surface area contributed by atoms with Gasteiger partial charge in [0.25, 0.3) is 0 Å². The Balaban J connectivity index is 4.43. The quantitative estimate of drug-likeness (QED) is 0.553. The maximum atomic E-state index is 10.4. The van der Waals surface area contributed by atoms with Crippen LogP contribution in [0.15, 0.2) is 0 Å². The Labute approximate surface area is 57.4 Å². The third kappa shape index (κ3) is 2.50. The fourth-order valence-corrected chi connectivity index (χ4v) is 1.53. The molecule has 1 atom stereocenters. The van der Waals surface area contributed by atoms with Gasteiger partial charge in [-0.3, -0.25) is 0 Å². The summed E-state index contributed by atoms with van der Waals surface area (Å²) in [6.07, 6.45) is 0. The van der Waals surface area contributed by atoms with Crippen LogP contribution < -0.4 is 0 Å². The SMILES string of the molecule is CCOP(=O)(O)P(=O)(O)O. The van der Waals surface area contributed by atoms with Gasteiger partial charge in [-0.1, -0.05) is 0 Å². The second kappa shape index (κ2) is 3.13. The van der Waals surface area contributed by atoms with Crippen molar-refractivity contribution < 1.29 is 28.3 Å². The van der Waals surface area contributed by atoms with Gasteiger partial charge in [0.2, 0.25) is 0 Å². The molecule has 0 aromatic carbocycles. The molecule has 0 rings (SSSR count). The summed E-state index contributed by atoms with van der Waals surface area (Å²) in [6.45, 7) is 1.15. The summed E-state index contributed by atoms with van der Waals surface area (Å²) in [5.74, 6) is 0. The molecule has 0 aromatic rings. The Morgan fingerprint density at radius 3 is 1.80 bits per heavy atom. The van der Waals surface area contributed by atoms with Crippen molar-refractivity contribution in [1.29, 1.82) is 0 Å². The normalized spacial score (nSPS) is 18.4. The topological polar surface area (TPSA) is 104 Å². The number of hydrogen-bond acceptors (Lipinski definition) is 3. The summed E-state index contributed by atoms with van der Waals surface area (Å²) in [4.78, 5) is 24.7. The van der Waals surface area contributed by atoms with Gasteiger partial charge in [-0.05, 0) is 6.92 Å².